The lowest BCUT2D eigenvalue weighted by molar-refractivity contribution is -0.151. The van der Waals surface area contributed by atoms with E-state index in [1.54, 1.807) is 7.11 Å². The first-order valence-corrected chi connectivity index (χ1v) is 6.69. The van der Waals surface area contributed by atoms with Crippen LogP contribution in [0.5, 0.6) is 5.75 Å². The van der Waals surface area contributed by atoms with Crippen molar-refractivity contribution in [3.63, 3.8) is 0 Å². The van der Waals surface area contributed by atoms with Crippen molar-refractivity contribution in [2.24, 2.45) is 0 Å². The number of nitrogens with zero attached hydrogens (tertiary/aromatic N) is 1. The van der Waals surface area contributed by atoms with E-state index in [1.165, 1.54) is 6.92 Å². The van der Waals surface area contributed by atoms with Crippen LogP contribution < -0.4 is 4.74 Å². The van der Waals surface area contributed by atoms with E-state index >= 15 is 0 Å². The number of carbonyl (C=O) groups is 1. The van der Waals surface area contributed by atoms with Gasteiger partial charge in [-0.3, -0.25) is 9.69 Å². The molecule has 0 aromatic heterocycles. The Hall–Kier alpha value is -1.59. The molecule has 1 aromatic carbocycles. The van der Waals surface area contributed by atoms with Crippen LogP contribution in [0.4, 0.5) is 0 Å². The molecule has 0 unspecified atom stereocenters. The average molecular weight is 279 g/mol. The normalized spacial score (nSPS) is 26.5. The summed E-state index contributed by atoms with van der Waals surface area (Å²) in [5, 5.41) is 10.00. The van der Waals surface area contributed by atoms with Gasteiger partial charge in [0.15, 0.2) is 0 Å². The lowest BCUT2D eigenvalue weighted by atomic mass is 10.0. The SMILES string of the molecule is COc1ccc(C[C@@H]2[C@H](OC(C)=O)[C@H](O)CN2C)cc1. The maximum atomic E-state index is 11.2. The Bertz CT molecular complexity index is 459. The van der Waals surface area contributed by atoms with Crippen molar-refractivity contribution in [1.29, 1.82) is 0 Å². The van der Waals surface area contributed by atoms with Crippen LogP contribution in [0.15, 0.2) is 24.3 Å². The van der Waals surface area contributed by atoms with E-state index in [9.17, 15) is 9.90 Å². The minimum Gasteiger partial charge on any atom is -0.497 e. The Balaban J connectivity index is 2.09. The number of esters is 1. The zero-order valence-electron chi connectivity index (χ0n) is 12.1. The van der Waals surface area contributed by atoms with E-state index < -0.39 is 12.2 Å². The molecule has 1 heterocycles. The van der Waals surface area contributed by atoms with Gasteiger partial charge in [-0.1, -0.05) is 12.1 Å². The van der Waals surface area contributed by atoms with Gasteiger partial charge >= 0.3 is 5.97 Å². The monoisotopic (exact) mass is 279 g/mol. The number of likely N-dealkylation sites (tertiary alicyclic amines) is 1. The molecule has 0 radical (unpaired) electrons. The summed E-state index contributed by atoms with van der Waals surface area (Å²) in [5.74, 6) is 0.453. The fourth-order valence-electron chi connectivity index (χ4n) is 2.67. The highest BCUT2D eigenvalue weighted by atomic mass is 16.6. The molecular weight excluding hydrogens is 258 g/mol. The molecule has 1 aliphatic rings. The van der Waals surface area contributed by atoms with Gasteiger partial charge in [0.2, 0.25) is 0 Å². The zero-order valence-corrected chi connectivity index (χ0v) is 12.1. The number of β-amino-alcohol motifs (C(OH)–C–C–N with tert-alkyl or cyclic N) is 1. The number of aliphatic hydroxyl groups excluding tert-OH is 1. The molecular formula is C15H21NO4. The third kappa shape index (κ3) is 3.29. The molecule has 0 aliphatic carbocycles. The summed E-state index contributed by atoms with van der Waals surface area (Å²) in [6.07, 6.45) is -0.387. The van der Waals surface area contributed by atoms with E-state index in [0.717, 1.165) is 17.7 Å². The fraction of sp³-hybridized carbons (Fsp3) is 0.533. The summed E-state index contributed by atoms with van der Waals surface area (Å²) in [4.78, 5) is 13.2. The van der Waals surface area contributed by atoms with Gasteiger partial charge in [0.1, 0.15) is 18.0 Å². The van der Waals surface area contributed by atoms with Gasteiger partial charge < -0.3 is 14.6 Å². The molecule has 5 nitrogen and oxygen atoms in total. The van der Waals surface area contributed by atoms with Crippen molar-refractivity contribution in [2.75, 3.05) is 20.7 Å². The Morgan fingerprint density at radius 2 is 2.05 bits per heavy atom. The second-order valence-electron chi connectivity index (χ2n) is 5.20. The molecule has 1 aromatic rings. The maximum Gasteiger partial charge on any atom is 0.303 e. The number of hydrogen-bond acceptors (Lipinski definition) is 5. The molecule has 1 N–H and O–H groups in total. The molecule has 0 spiro atoms. The fourth-order valence-corrected chi connectivity index (χ4v) is 2.67. The summed E-state index contributed by atoms with van der Waals surface area (Å²) in [6, 6.07) is 7.77. The molecule has 110 valence electrons. The molecule has 0 saturated carbocycles. The first kappa shape index (κ1) is 14.8. The van der Waals surface area contributed by atoms with Crippen molar-refractivity contribution in [3.8, 4) is 5.75 Å². The van der Waals surface area contributed by atoms with Crippen LogP contribution in [0.2, 0.25) is 0 Å². The molecule has 3 atom stereocenters. The maximum absolute atomic E-state index is 11.2. The molecule has 2 rings (SSSR count). The summed E-state index contributed by atoms with van der Waals surface area (Å²) in [7, 11) is 3.56. The number of rotatable bonds is 4. The van der Waals surface area contributed by atoms with Crippen molar-refractivity contribution >= 4 is 5.97 Å². The van der Waals surface area contributed by atoms with Crippen molar-refractivity contribution in [1.82, 2.24) is 4.90 Å². The van der Waals surface area contributed by atoms with Crippen LogP contribution in [-0.4, -0.2) is 54.9 Å². The highest BCUT2D eigenvalue weighted by Crippen LogP contribution is 2.24. The Morgan fingerprint density at radius 3 is 2.60 bits per heavy atom. The first-order chi connectivity index (χ1) is 9.51. The molecule has 1 saturated heterocycles. The van der Waals surface area contributed by atoms with Crippen molar-refractivity contribution in [3.05, 3.63) is 29.8 Å². The van der Waals surface area contributed by atoms with Gasteiger partial charge in [0.05, 0.1) is 13.2 Å². The number of benzene rings is 1. The number of likely N-dealkylation sites (N-methyl/N-ethyl adjacent to an activating group) is 1. The minimum atomic E-state index is -0.632. The van der Waals surface area contributed by atoms with Crippen molar-refractivity contribution < 1.29 is 19.4 Å². The van der Waals surface area contributed by atoms with Crippen LogP contribution in [0.25, 0.3) is 0 Å². The van der Waals surface area contributed by atoms with Gasteiger partial charge in [-0.2, -0.15) is 0 Å². The summed E-state index contributed by atoms with van der Waals surface area (Å²) in [6.45, 7) is 1.88. The smallest absolute Gasteiger partial charge is 0.303 e. The molecule has 1 fully saturated rings. The summed E-state index contributed by atoms with van der Waals surface area (Å²) >= 11 is 0. The highest BCUT2D eigenvalue weighted by molar-refractivity contribution is 5.66. The molecule has 0 amide bonds. The number of carbonyl (C=O) groups excluding carboxylic acids is 1. The molecule has 20 heavy (non-hydrogen) atoms. The zero-order chi connectivity index (χ0) is 14.7. The third-order valence-electron chi connectivity index (χ3n) is 3.71. The summed E-state index contributed by atoms with van der Waals surface area (Å²) in [5.41, 5.74) is 1.12. The van der Waals surface area contributed by atoms with E-state index in [2.05, 4.69) is 0 Å². The van der Waals surface area contributed by atoms with Gasteiger partial charge in [-0.25, -0.2) is 0 Å². The number of aliphatic hydroxyl groups is 1. The van der Waals surface area contributed by atoms with Crippen LogP contribution in [-0.2, 0) is 16.0 Å². The lowest BCUT2D eigenvalue weighted by Gasteiger charge is -2.25. The predicted molar refractivity (Wildman–Crippen MR) is 74.7 cm³/mol. The second kappa shape index (κ2) is 6.24. The van der Waals surface area contributed by atoms with E-state index in [-0.39, 0.29) is 12.0 Å². The molecule has 5 heteroatoms. The van der Waals surface area contributed by atoms with Crippen LogP contribution in [0.3, 0.4) is 0 Å². The number of hydrogen-bond donors (Lipinski definition) is 1. The van der Waals surface area contributed by atoms with E-state index in [0.29, 0.717) is 6.54 Å². The quantitative estimate of drug-likeness (QED) is 0.828. The van der Waals surface area contributed by atoms with Gasteiger partial charge in [0, 0.05) is 13.5 Å². The number of ether oxygens (including phenoxy) is 2. The van der Waals surface area contributed by atoms with Gasteiger partial charge in [0.25, 0.3) is 0 Å². The largest absolute Gasteiger partial charge is 0.497 e. The van der Waals surface area contributed by atoms with E-state index in [1.807, 2.05) is 36.2 Å². The Labute approximate surface area is 119 Å². The average Bonchev–Trinajstić information content (AvgIpc) is 2.66. The standard InChI is InChI=1S/C15H21NO4/c1-10(17)20-15-13(16(2)9-14(15)18)8-11-4-6-12(19-3)7-5-11/h4-7,13-15,18H,8-9H2,1-3H3/t13-,14-,15+/m1/s1. The Morgan fingerprint density at radius 1 is 1.40 bits per heavy atom. The molecule has 1 aliphatic heterocycles. The van der Waals surface area contributed by atoms with Crippen LogP contribution >= 0.6 is 0 Å². The molecule has 0 bridgehead atoms. The third-order valence-corrected chi connectivity index (χ3v) is 3.71. The Kier molecular flexibility index (Phi) is 4.62. The first-order valence-electron chi connectivity index (χ1n) is 6.69. The van der Waals surface area contributed by atoms with Crippen LogP contribution in [0, 0.1) is 0 Å². The van der Waals surface area contributed by atoms with Gasteiger partial charge in [-0.15, -0.1) is 0 Å². The second-order valence-corrected chi connectivity index (χ2v) is 5.20. The predicted octanol–water partition coefficient (Wildman–Crippen LogP) is 0.844. The van der Waals surface area contributed by atoms with Crippen LogP contribution in [0.1, 0.15) is 12.5 Å². The number of methoxy groups -OCH3 is 1. The van der Waals surface area contributed by atoms with E-state index in [4.69, 9.17) is 9.47 Å². The van der Waals surface area contributed by atoms with Gasteiger partial charge in [-0.05, 0) is 31.2 Å². The lowest BCUT2D eigenvalue weighted by Crippen LogP contribution is -2.39. The topological polar surface area (TPSA) is 59.0 Å². The highest BCUT2D eigenvalue weighted by Gasteiger charge is 2.41. The summed E-state index contributed by atoms with van der Waals surface area (Å²) < 4.78 is 10.4. The minimum absolute atomic E-state index is 0.0118. The van der Waals surface area contributed by atoms with Crippen molar-refractivity contribution in [2.45, 2.75) is 31.6 Å².